The molecule has 0 saturated carbocycles. The molecule has 24 heavy (non-hydrogen) atoms. The number of hydrogen-bond donors (Lipinski definition) is 3. The fourth-order valence-corrected chi connectivity index (χ4v) is 2.37. The van der Waals surface area contributed by atoms with Gasteiger partial charge in [-0.2, -0.15) is 0 Å². The molecule has 0 aliphatic rings. The molecule has 0 saturated heterocycles. The second-order valence-corrected chi connectivity index (χ2v) is 5.29. The Morgan fingerprint density at radius 3 is 2.33 bits per heavy atom. The number of amides is 2. The van der Waals surface area contributed by atoms with Gasteiger partial charge in [0.1, 0.15) is 0 Å². The van der Waals surface area contributed by atoms with Gasteiger partial charge in [-0.3, -0.25) is 14.8 Å². The van der Waals surface area contributed by atoms with Crippen molar-refractivity contribution in [3.05, 3.63) is 71.8 Å². The maximum Gasteiger partial charge on any atom is 0.267 e. The number of carbonyl (C=O) groups is 2. The van der Waals surface area contributed by atoms with Crippen LogP contribution in [0.2, 0.25) is 0 Å². The predicted molar refractivity (Wildman–Crippen MR) is 93.5 cm³/mol. The Morgan fingerprint density at radius 1 is 1.08 bits per heavy atom. The monoisotopic (exact) mass is 324 g/mol. The van der Waals surface area contributed by atoms with Gasteiger partial charge in [-0.25, -0.2) is 5.48 Å². The van der Waals surface area contributed by atoms with Crippen molar-refractivity contribution < 1.29 is 14.8 Å². The highest BCUT2D eigenvalue weighted by atomic mass is 16.5. The maximum atomic E-state index is 12.5. The highest BCUT2D eigenvalue weighted by molar-refractivity contribution is 5.96. The molecule has 5 nitrogen and oxygen atoms in total. The van der Waals surface area contributed by atoms with Gasteiger partial charge in [-0.1, -0.05) is 49.4 Å². The van der Waals surface area contributed by atoms with E-state index in [1.165, 1.54) is 11.6 Å². The Hall–Kier alpha value is -2.92. The van der Waals surface area contributed by atoms with Crippen LogP contribution in [0.25, 0.3) is 6.08 Å². The smallest absolute Gasteiger partial charge is 0.267 e. The van der Waals surface area contributed by atoms with Crippen molar-refractivity contribution in [2.45, 2.75) is 19.3 Å². The molecule has 0 bridgehead atoms. The lowest BCUT2D eigenvalue weighted by molar-refractivity contribution is -0.124. The summed E-state index contributed by atoms with van der Waals surface area (Å²) >= 11 is 0. The molecular weight excluding hydrogens is 304 g/mol. The average molecular weight is 324 g/mol. The fourth-order valence-electron chi connectivity index (χ4n) is 2.37. The molecule has 3 N–H and O–H groups in total. The van der Waals surface area contributed by atoms with E-state index in [1.807, 2.05) is 37.3 Å². The first kappa shape index (κ1) is 17.4. The molecule has 0 aliphatic heterocycles. The molecule has 2 aromatic rings. The summed E-state index contributed by atoms with van der Waals surface area (Å²) in [5.41, 5.74) is 3.99. The van der Waals surface area contributed by atoms with Crippen LogP contribution in [0.1, 0.15) is 30.4 Å². The van der Waals surface area contributed by atoms with Gasteiger partial charge in [0.05, 0.1) is 5.92 Å². The van der Waals surface area contributed by atoms with Crippen molar-refractivity contribution in [3.8, 4) is 0 Å². The topological polar surface area (TPSA) is 78.4 Å². The Labute approximate surface area is 141 Å². The van der Waals surface area contributed by atoms with E-state index in [9.17, 15) is 9.59 Å². The van der Waals surface area contributed by atoms with Crippen LogP contribution < -0.4 is 10.8 Å². The normalized spacial score (nSPS) is 11.9. The molecule has 1 atom stereocenters. The van der Waals surface area contributed by atoms with Crippen LogP contribution in [-0.2, 0) is 9.59 Å². The molecule has 0 fully saturated rings. The van der Waals surface area contributed by atoms with E-state index in [2.05, 4.69) is 5.32 Å². The van der Waals surface area contributed by atoms with E-state index >= 15 is 0 Å². The van der Waals surface area contributed by atoms with Crippen LogP contribution in [0.5, 0.6) is 0 Å². The highest BCUT2D eigenvalue weighted by Gasteiger charge is 2.18. The van der Waals surface area contributed by atoms with Crippen LogP contribution in [0, 0.1) is 0 Å². The SMILES string of the molecule is CCC(C(=O)Nc1ccc(C=CC(=O)NO)cc1)c1ccccc1. The maximum absolute atomic E-state index is 12.5. The number of hydrogen-bond acceptors (Lipinski definition) is 3. The van der Waals surface area contributed by atoms with Crippen molar-refractivity contribution in [1.29, 1.82) is 0 Å². The Kier molecular flexibility index (Phi) is 6.28. The lowest BCUT2D eigenvalue weighted by atomic mass is 9.95. The third kappa shape index (κ3) is 4.79. The molecule has 2 aromatic carbocycles. The average Bonchev–Trinajstić information content (AvgIpc) is 2.62. The summed E-state index contributed by atoms with van der Waals surface area (Å²) in [7, 11) is 0. The quantitative estimate of drug-likeness (QED) is 0.433. The predicted octanol–water partition coefficient (Wildman–Crippen LogP) is 3.34. The zero-order valence-electron chi connectivity index (χ0n) is 13.4. The molecule has 124 valence electrons. The molecular formula is C19H20N2O3. The van der Waals surface area contributed by atoms with Gasteiger partial charge in [0.2, 0.25) is 5.91 Å². The first-order valence-electron chi connectivity index (χ1n) is 7.72. The fraction of sp³-hybridized carbons (Fsp3) is 0.158. The Balaban J connectivity index is 2.03. The van der Waals surface area contributed by atoms with Gasteiger partial charge in [-0.05, 0) is 35.8 Å². The van der Waals surface area contributed by atoms with E-state index in [4.69, 9.17) is 5.21 Å². The van der Waals surface area contributed by atoms with Gasteiger partial charge in [0, 0.05) is 11.8 Å². The molecule has 0 spiro atoms. The summed E-state index contributed by atoms with van der Waals surface area (Å²) in [5, 5.41) is 11.3. The van der Waals surface area contributed by atoms with Gasteiger partial charge < -0.3 is 5.32 Å². The van der Waals surface area contributed by atoms with Gasteiger partial charge in [-0.15, -0.1) is 0 Å². The van der Waals surface area contributed by atoms with Crippen molar-refractivity contribution in [3.63, 3.8) is 0 Å². The highest BCUT2D eigenvalue weighted by Crippen LogP contribution is 2.21. The third-order valence-electron chi connectivity index (χ3n) is 3.64. The van der Waals surface area contributed by atoms with Crippen LogP contribution in [0.3, 0.4) is 0 Å². The summed E-state index contributed by atoms with van der Waals surface area (Å²) in [6, 6.07) is 16.8. The molecule has 0 radical (unpaired) electrons. The number of rotatable bonds is 6. The minimum Gasteiger partial charge on any atom is -0.326 e. The van der Waals surface area contributed by atoms with E-state index in [1.54, 1.807) is 30.3 Å². The zero-order valence-corrected chi connectivity index (χ0v) is 13.4. The van der Waals surface area contributed by atoms with Gasteiger partial charge in [0.15, 0.2) is 0 Å². The van der Waals surface area contributed by atoms with Gasteiger partial charge in [0.25, 0.3) is 5.91 Å². The first-order chi connectivity index (χ1) is 11.6. The van der Waals surface area contributed by atoms with E-state index in [0.29, 0.717) is 12.1 Å². The van der Waals surface area contributed by atoms with E-state index in [0.717, 1.165) is 11.1 Å². The number of anilines is 1. The molecule has 0 aliphatic carbocycles. The zero-order chi connectivity index (χ0) is 17.4. The lowest BCUT2D eigenvalue weighted by Gasteiger charge is -2.15. The number of carbonyl (C=O) groups excluding carboxylic acids is 2. The second-order valence-electron chi connectivity index (χ2n) is 5.29. The van der Waals surface area contributed by atoms with Crippen LogP contribution in [0.4, 0.5) is 5.69 Å². The van der Waals surface area contributed by atoms with Crippen molar-refractivity contribution in [2.75, 3.05) is 5.32 Å². The van der Waals surface area contributed by atoms with Gasteiger partial charge >= 0.3 is 0 Å². The van der Waals surface area contributed by atoms with E-state index < -0.39 is 5.91 Å². The van der Waals surface area contributed by atoms with Crippen LogP contribution in [-0.4, -0.2) is 17.0 Å². The summed E-state index contributed by atoms with van der Waals surface area (Å²) in [4.78, 5) is 23.4. The number of benzene rings is 2. The molecule has 0 heterocycles. The first-order valence-corrected chi connectivity index (χ1v) is 7.72. The molecule has 2 amide bonds. The summed E-state index contributed by atoms with van der Waals surface area (Å²) in [6.07, 6.45) is 3.50. The molecule has 2 rings (SSSR count). The molecule has 0 aromatic heterocycles. The number of hydroxylamine groups is 1. The van der Waals surface area contributed by atoms with Crippen LogP contribution >= 0.6 is 0 Å². The molecule has 1 unspecified atom stereocenters. The summed E-state index contributed by atoms with van der Waals surface area (Å²) in [6.45, 7) is 1.98. The molecule has 5 heteroatoms. The van der Waals surface area contributed by atoms with Crippen molar-refractivity contribution in [1.82, 2.24) is 5.48 Å². The minimum absolute atomic E-state index is 0.0494. The second kappa shape index (κ2) is 8.64. The largest absolute Gasteiger partial charge is 0.326 e. The number of nitrogens with one attached hydrogen (secondary N) is 2. The third-order valence-corrected chi connectivity index (χ3v) is 3.64. The Morgan fingerprint density at radius 2 is 1.75 bits per heavy atom. The summed E-state index contributed by atoms with van der Waals surface area (Å²) in [5.74, 6) is -0.841. The lowest BCUT2D eigenvalue weighted by Crippen LogP contribution is -2.20. The summed E-state index contributed by atoms with van der Waals surface area (Å²) < 4.78 is 0. The minimum atomic E-state index is -0.596. The van der Waals surface area contributed by atoms with Crippen LogP contribution in [0.15, 0.2) is 60.7 Å². The standard InChI is InChI=1S/C19H20N2O3/c1-2-17(15-6-4-3-5-7-15)19(23)20-16-11-8-14(9-12-16)10-13-18(22)21-24/h3-13,17,24H,2H2,1H3,(H,20,23)(H,21,22). The van der Waals surface area contributed by atoms with Crippen molar-refractivity contribution >= 4 is 23.6 Å². The van der Waals surface area contributed by atoms with E-state index in [-0.39, 0.29) is 11.8 Å². The van der Waals surface area contributed by atoms with Crippen molar-refractivity contribution in [2.24, 2.45) is 0 Å². The Bertz CT molecular complexity index is 709.